The number of aryl methyl sites for hydroxylation is 1. The molecule has 0 atom stereocenters. The highest BCUT2D eigenvalue weighted by molar-refractivity contribution is 5.77. The molecule has 0 saturated heterocycles. The molecule has 0 unspecified atom stereocenters. The number of hydrogen-bond donors (Lipinski definition) is 1. The fourth-order valence-corrected chi connectivity index (χ4v) is 2.25. The van der Waals surface area contributed by atoms with Crippen molar-refractivity contribution >= 4 is 5.91 Å². The number of carbonyl (C=O) groups is 1. The summed E-state index contributed by atoms with van der Waals surface area (Å²) in [5, 5.41) is 2.87. The molecule has 2 aromatic carbocycles. The Bertz CT molecular complexity index is 609. The van der Waals surface area contributed by atoms with Crippen molar-refractivity contribution in [1.82, 2.24) is 5.32 Å². The summed E-state index contributed by atoms with van der Waals surface area (Å²) in [6, 6.07) is 17.5. The highest BCUT2D eigenvalue weighted by Crippen LogP contribution is 2.18. The maximum absolute atomic E-state index is 11.8. The van der Waals surface area contributed by atoms with Crippen molar-refractivity contribution in [3.05, 3.63) is 60.2 Å². The van der Waals surface area contributed by atoms with E-state index in [4.69, 9.17) is 9.47 Å². The minimum absolute atomic E-state index is 0.0235. The largest absolute Gasteiger partial charge is 0.491 e. The molecule has 0 spiro atoms. The van der Waals surface area contributed by atoms with E-state index in [-0.39, 0.29) is 18.6 Å². The number of rotatable bonds is 9. The Hall–Kier alpha value is -2.49. The van der Waals surface area contributed by atoms with Crippen LogP contribution < -0.4 is 14.8 Å². The molecule has 0 radical (unpaired) electrons. The van der Waals surface area contributed by atoms with Crippen LogP contribution in [-0.4, -0.2) is 25.2 Å². The molecule has 2 aromatic rings. The summed E-state index contributed by atoms with van der Waals surface area (Å²) < 4.78 is 11.0. The monoisotopic (exact) mass is 327 g/mol. The van der Waals surface area contributed by atoms with Crippen molar-refractivity contribution in [2.75, 3.05) is 13.2 Å². The molecule has 24 heavy (non-hydrogen) atoms. The quantitative estimate of drug-likeness (QED) is 0.716. The van der Waals surface area contributed by atoms with E-state index >= 15 is 0 Å². The molecule has 4 nitrogen and oxygen atoms in total. The second-order valence-electron chi connectivity index (χ2n) is 5.87. The highest BCUT2D eigenvalue weighted by Gasteiger charge is 2.03. The normalized spacial score (nSPS) is 10.5. The zero-order valence-corrected chi connectivity index (χ0v) is 14.3. The van der Waals surface area contributed by atoms with Gasteiger partial charge >= 0.3 is 0 Å². The molecule has 0 aromatic heterocycles. The number of ether oxygens (including phenoxy) is 2. The third-order valence-electron chi connectivity index (χ3n) is 3.37. The molecular weight excluding hydrogens is 302 g/mol. The highest BCUT2D eigenvalue weighted by atomic mass is 16.5. The van der Waals surface area contributed by atoms with Crippen LogP contribution in [0, 0.1) is 0 Å². The first-order valence-electron chi connectivity index (χ1n) is 8.33. The van der Waals surface area contributed by atoms with Crippen molar-refractivity contribution in [2.24, 2.45) is 0 Å². The van der Waals surface area contributed by atoms with Crippen LogP contribution in [0.15, 0.2) is 54.6 Å². The van der Waals surface area contributed by atoms with Gasteiger partial charge in [0, 0.05) is 6.54 Å². The molecule has 0 saturated carbocycles. The topological polar surface area (TPSA) is 47.6 Å². The van der Waals surface area contributed by atoms with Crippen LogP contribution in [0.5, 0.6) is 11.5 Å². The van der Waals surface area contributed by atoms with Crippen LogP contribution in [0.4, 0.5) is 0 Å². The van der Waals surface area contributed by atoms with Crippen LogP contribution in [0.2, 0.25) is 0 Å². The van der Waals surface area contributed by atoms with E-state index in [0.717, 1.165) is 18.6 Å². The van der Waals surface area contributed by atoms with Crippen LogP contribution in [-0.2, 0) is 11.2 Å². The Morgan fingerprint density at radius 3 is 2.33 bits per heavy atom. The molecule has 1 amide bonds. The summed E-state index contributed by atoms with van der Waals surface area (Å²) in [4.78, 5) is 11.8. The van der Waals surface area contributed by atoms with Crippen LogP contribution in [0.1, 0.15) is 25.8 Å². The SMILES string of the molecule is CC(C)Oc1ccc(OCC(=O)NCCCc2ccccc2)cc1. The summed E-state index contributed by atoms with van der Waals surface area (Å²) in [5.41, 5.74) is 1.28. The van der Waals surface area contributed by atoms with E-state index in [1.54, 1.807) is 12.1 Å². The maximum atomic E-state index is 11.8. The average molecular weight is 327 g/mol. The molecule has 2 rings (SSSR count). The van der Waals surface area contributed by atoms with Gasteiger partial charge in [-0.2, -0.15) is 0 Å². The number of amides is 1. The molecular formula is C20H25NO3. The molecule has 128 valence electrons. The molecule has 0 aliphatic heterocycles. The lowest BCUT2D eigenvalue weighted by molar-refractivity contribution is -0.123. The molecule has 0 fully saturated rings. The van der Waals surface area contributed by atoms with Gasteiger partial charge in [0.05, 0.1) is 6.10 Å². The van der Waals surface area contributed by atoms with Gasteiger partial charge in [-0.05, 0) is 56.5 Å². The number of carbonyl (C=O) groups excluding carboxylic acids is 1. The third kappa shape index (κ3) is 6.73. The van der Waals surface area contributed by atoms with Gasteiger partial charge in [0.2, 0.25) is 0 Å². The van der Waals surface area contributed by atoms with Crippen molar-refractivity contribution in [3.63, 3.8) is 0 Å². The standard InChI is InChI=1S/C20H25NO3/c1-16(2)24-19-12-10-18(11-13-19)23-15-20(22)21-14-6-9-17-7-4-3-5-8-17/h3-5,7-8,10-13,16H,6,9,14-15H2,1-2H3,(H,21,22). The van der Waals surface area contributed by atoms with Crippen LogP contribution >= 0.6 is 0 Å². The predicted molar refractivity (Wildman–Crippen MR) is 95.5 cm³/mol. The predicted octanol–water partition coefficient (Wildman–Crippen LogP) is 3.60. The lowest BCUT2D eigenvalue weighted by atomic mass is 10.1. The summed E-state index contributed by atoms with van der Waals surface area (Å²) in [6.45, 7) is 4.63. The lowest BCUT2D eigenvalue weighted by Gasteiger charge is -2.11. The van der Waals surface area contributed by atoms with Gasteiger partial charge in [-0.25, -0.2) is 0 Å². The fourth-order valence-electron chi connectivity index (χ4n) is 2.25. The van der Waals surface area contributed by atoms with Crippen LogP contribution in [0.25, 0.3) is 0 Å². The van der Waals surface area contributed by atoms with E-state index in [1.807, 2.05) is 44.2 Å². The van der Waals surface area contributed by atoms with E-state index in [9.17, 15) is 4.79 Å². The van der Waals surface area contributed by atoms with Crippen molar-refractivity contribution < 1.29 is 14.3 Å². The molecule has 0 heterocycles. The maximum Gasteiger partial charge on any atom is 0.257 e. The van der Waals surface area contributed by atoms with Gasteiger partial charge in [-0.1, -0.05) is 30.3 Å². The molecule has 4 heteroatoms. The molecule has 0 aliphatic carbocycles. The van der Waals surface area contributed by atoms with E-state index in [1.165, 1.54) is 5.56 Å². The summed E-state index contributed by atoms with van der Waals surface area (Å²) in [5.74, 6) is 1.35. The second-order valence-corrected chi connectivity index (χ2v) is 5.87. The van der Waals surface area contributed by atoms with Crippen molar-refractivity contribution in [1.29, 1.82) is 0 Å². The van der Waals surface area contributed by atoms with E-state index in [2.05, 4.69) is 17.4 Å². The molecule has 0 aliphatic rings. The second kappa shape index (κ2) is 9.60. The smallest absolute Gasteiger partial charge is 0.257 e. The zero-order valence-electron chi connectivity index (χ0n) is 14.3. The van der Waals surface area contributed by atoms with Gasteiger partial charge in [-0.3, -0.25) is 4.79 Å². The average Bonchev–Trinajstić information content (AvgIpc) is 2.58. The van der Waals surface area contributed by atoms with Gasteiger partial charge in [-0.15, -0.1) is 0 Å². The van der Waals surface area contributed by atoms with Gasteiger partial charge < -0.3 is 14.8 Å². The van der Waals surface area contributed by atoms with Gasteiger partial charge in [0.15, 0.2) is 6.61 Å². The van der Waals surface area contributed by atoms with Crippen molar-refractivity contribution in [3.8, 4) is 11.5 Å². The first-order chi connectivity index (χ1) is 11.6. The van der Waals surface area contributed by atoms with Gasteiger partial charge in [0.25, 0.3) is 5.91 Å². The summed E-state index contributed by atoms with van der Waals surface area (Å²) in [7, 11) is 0. The lowest BCUT2D eigenvalue weighted by Crippen LogP contribution is -2.29. The first kappa shape index (κ1) is 17.9. The van der Waals surface area contributed by atoms with E-state index < -0.39 is 0 Å². The third-order valence-corrected chi connectivity index (χ3v) is 3.37. The minimum atomic E-state index is -0.106. The Labute approximate surface area is 143 Å². The molecule has 0 bridgehead atoms. The molecule has 1 N–H and O–H groups in total. The Kier molecular flexibility index (Phi) is 7.15. The van der Waals surface area contributed by atoms with Crippen LogP contribution in [0.3, 0.4) is 0 Å². The van der Waals surface area contributed by atoms with Gasteiger partial charge in [0.1, 0.15) is 11.5 Å². The Morgan fingerprint density at radius 1 is 1.00 bits per heavy atom. The van der Waals surface area contributed by atoms with Crippen molar-refractivity contribution in [2.45, 2.75) is 32.8 Å². The Morgan fingerprint density at radius 2 is 1.67 bits per heavy atom. The first-order valence-corrected chi connectivity index (χ1v) is 8.33. The fraction of sp³-hybridized carbons (Fsp3) is 0.350. The minimum Gasteiger partial charge on any atom is -0.491 e. The number of nitrogens with one attached hydrogen (secondary N) is 1. The summed E-state index contributed by atoms with van der Waals surface area (Å²) >= 11 is 0. The number of benzene rings is 2. The summed E-state index contributed by atoms with van der Waals surface area (Å²) in [6.07, 6.45) is 2.01. The van der Waals surface area contributed by atoms with E-state index in [0.29, 0.717) is 12.3 Å². The Balaban J connectivity index is 1.62. The number of hydrogen-bond acceptors (Lipinski definition) is 3. The zero-order chi connectivity index (χ0) is 17.2.